The van der Waals surface area contributed by atoms with Crippen LogP contribution in [0.25, 0.3) is 0 Å². The molecule has 1 aromatic heterocycles. The van der Waals surface area contributed by atoms with Crippen LogP contribution in [-0.4, -0.2) is 40.4 Å². The number of amides is 1. The summed E-state index contributed by atoms with van der Waals surface area (Å²) in [4.78, 5) is 25.9. The van der Waals surface area contributed by atoms with Crippen LogP contribution in [0.1, 0.15) is 41.3 Å². The number of likely N-dealkylation sites (N-methyl/N-ethyl adjacent to an activating group) is 1. The first-order valence-corrected chi connectivity index (χ1v) is 8.40. The smallest absolute Gasteiger partial charge is 0.289 e. The van der Waals surface area contributed by atoms with Crippen LogP contribution in [0.4, 0.5) is 4.39 Å². The molecule has 2 N–H and O–H groups in total. The molecule has 1 aliphatic rings. The molecule has 27 heavy (non-hydrogen) atoms. The molecule has 2 heterocycles. The fourth-order valence-electron chi connectivity index (χ4n) is 2.89. The summed E-state index contributed by atoms with van der Waals surface area (Å²) in [6.07, 6.45) is 0.263. The third-order valence-corrected chi connectivity index (χ3v) is 4.43. The zero-order valence-corrected chi connectivity index (χ0v) is 15.2. The normalized spacial score (nSPS) is 15.0. The fourth-order valence-corrected chi connectivity index (χ4v) is 2.89. The molecule has 0 unspecified atom stereocenters. The highest BCUT2D eigenvalue weighted by Crippen LogP contribution is 2.30. The van der Waals surface area contributed by atoms with Gasteiger partial charge in [0, 0.05) is 19.0 Å². The van der Waals surface area contributed by atoms with E-state index in [1.54, 1.807) is 18.2 Å². The molecule has 0 saturated heterocycles. The molecule has 1 aromatic carbocycles. The molecule has 0 fully saturated rings. The average molecular weight is 373 g/mol. The predicted molar refractivity (Wildman–Crippen MR) is 94.8 cm³/mol. The maximum absolute atomic E-state index is 13.1. The summed E-state index contributed by atoms with van der Waals surface area (Å²) in [5.74, 6) is -2.09. The van der Waals surface area contributed by atoms with Gasteiger partial charge in [-0.1, -0.05) is 12.1 Å². The van der Waals surface area contributed by atoms with E-state index in [0.717, 1.165) is 5.56 Å². The number of nitrogens with zero attached hydrogens (tertiary/aromatic N) is 1. The van der Waals surface area contributed by atoms with Crippen LogP contribution >= 0.6 is 0 Å². The van der Waals surface area contributed by atoms with Gasteiger partial charge in [0.25, 0.3) is 5.91 Å². The van der Waals surface area contributed by atoms with Gasteiger partial charge >= 0.3 is 0 Å². The maximum atomic E-state index is 13.1. The van der Waals surface area contributed by atoms with E-state index in [1.807, 2.05) is 0 Å². The van der Waals surface area contributed by atoms with E-state index in [1.165, 1.54) is 37.9 Å². The second-order valence-corrected chi connectivity index (χ2v) is 7.14. The molecule has 0 saturated carbocycles. The Labute approximate surface area is 155 Å². The van der Waals surface area contributed by atoms with Crippen LogP contribution < -0.4 is 0 Å². The Morgan fingerprint density at radius 3 is 2.44 bits per heavy atom. The van der Waals surface area contributed by atoms with Gasteiger partial charge in [-0.2, -0.15) is 0 Å². The van der Waals surface area contributed by atoms with Gasteiger partial charge in [0.15, 0.2) is 11.5 Å². The zero-order chi connectivity index (χ0) is 19.9. The number of furan rings is 1. The van der Waals surface area contributed by atoms with Crippen molar-refractivity contribution in [2.45, 2.75) is 25.9 Å². The van der Waals surface area contributed by atoms with Gasteiger partial charge in [-0.25, -0.2) is 4.39 Å². The van der Waals surface area contributed by atoms with Crippen LogP contribution in [0.3, 0.4) is 0 Å². The lowest BCUT2D eigenvalue weighted by atomic mass is 9.99. The summed E-state index contributed by atoms with van der Waals surface area (Å²) in [5.41, 5.74) is -0.161. The summed E-state index contributed by atoms with van der Waals surface area (Å²) in [6, 6.07) is 7.36. The van der Waals surface area contributed by atoms with Crippen molar-refractivity contribution in [1.29, 1.82) is 0 Å². The monoisotopic (exact) mass is 373 g/mol. The predicted octanol–water partition coefficient (Wildman–Crippen LogP) is 2.70. The number of halogens is 1. The molecule has 0 spiro atoms. The molecule has 1 aliphatic heterocycles. The SMILES string of the molecule is CN1CC(C(=O)c2oc(C(C)(C)O)cc2Cc2ccc(F)cc2)=C(O)C1=O. The number of Topliss-reactive ketones (excluding diaryl/α,β-unsaturated/α-hetero) is 1. The lowest BCUT2D eigenvalue weighted by Gasteiger charge is -2.12. The first kappa shape index (κ1) is 18.8. The molecule has 1 amide bonds. The quantitative estimate of drug-likeness (QED) is 0.787. The Kier molecular flexibility index (Phi) is 4.65. The van der Waals surface area contributed by atoms with Crippen molar-refractivity contribution in [2.24, 2.45) is 0 Å². The maximum Gasteiger partial charge on any atom is 0.289 e. The summed E-state index contributed by atoms with van der Waals surface area (Å²) >= 11 is 0. The number of rotatable bonds is 5. The lowest BCUT2D eigenvalue weighted by molar-refractivity contribution is -0.126. The second kappa shape index (κ2) is 6.66. The largest absolute Gasteiger partial charge is 0.503 e. The third-order valence-electron chi connectivity index (χ3n) is 4.43. The third kappa shape index (κ3) is 3.64. The van der Waals surface area contributed by atoms with Gasteiger partial charge in [-0.05, 0) is 37.6 Å². The number of ketones is 1. The molecule has 0 radical (unpaired) electrons. The van der Waals surface area contributed by atoms with Crippen molar-refractivity contribution < 1.29 is 28.6 Å². The number of hydrogen-bond donors (Lipinski definition) is 2. The molecule has 0 aliphatic carbocycles. The van der Waals surface area contributed by atoms with Gasteiger partial charge in [-0.3, -0.25) is 9.59 Å². The van der Waals surface area contributed by atoms with Crippen LogP contribution in [0, 0.1) is 5.82 Å². The van der Waals surface area contributed by atoms with Crippen molar-refractivity contribution in [3.8, 4) is 0 Å². The molecule has 3 rings (SSSR count). The lowest BCUT2D eigenvalue weighted by Crippen LogP contribution is -2.22. The Balaban J connectivity index is 2.03. The summed E-state index contributed by atoms with van der Waals surface area (Å²) in [5, 5.41) is 20.2. The van der Waals surface area contributed by atoms with Gasteiger partial charge in [0.2, 0.25) is 5.78 Å². The Morgan fingerprint density at radius 2 is 1.93 bits per heavy atom. The van der Waals surface area contributed by atoms with Crippen molar-refractivity contribution >= 4 is 11.7 Å². The molecule has 0 bridgehead atoms. The minimum Gasteiger partial charge on any atom is -0.503 e. The van der Waals surface area contributed by atoms with E-state index >= 15 is 0 Å². The first-order chi connectivity index (χ1) is 12.6. The van der Waals surface area contributed by atoms with Gasteiger partial charge in [0.1, 0.15) is 17.2 Å². The van der Waals surface area contributed by atoms with Gasteiger partial charge in [-0.15, -0.1) is 0 Å². The number of aliphatic hydroxyl groups is 2. The zero-order valence-electron chi connectivity index (χ0n) is 15.2. The van der Waals surface area contributed by atoms with E-state index in [4.69, 9.17) is 4.42 Å². The number of carbonyl (C=O) groups excluding carboxylic acids is 2. The number of aliphatic hydroxyl groups excluding tert-OH is 1. The summed E-state index contributed by atoms with van der Waals surface area (Å²) in [6.45, 7) is 3.01. The highest BCUT2D eigenvalue weighted by atomic mass is 19.1. The highest BCUT2D eigenvalue weighted by molar-refractivity contribution is 6.14. The average Bonchev–Trinajstić information content (AvgIpc) is 3.13. The number of hydrogen-bond acceptors (Lipinski definition) is 5. The molecule has 0 atom stereocenters. The van der Waals surface area contributed by atoms with Crippen molar-refractivity contribution in [1.82, 2.24) is 4.90 Å². The van der Waals surface area contributed by atoms with Gasteiger partial charge < -0.3 is 19.5 Å². The fraction of sp³-hybridized carbons (Fsp3) is 0.300. The number of carbonyl (C=O) groups is 2. The van der Waals surface area contributed by atoms with Crippen LogP contribution in [-0.2, 0) is 16.8 Å². The summed E-state index contributed by atoms with van der Waals surface area (Å²) < 4.78 is 18.8. The second-order valence-electron chi connectivity index (χ2n) is 7.14. The van der Waals surface area contributed by atoms with Crippen molar-refractivity contribution in [2.75, 3.05) is 13.6 Å². The minimum atomic E-state index is -1.32. The number of benzene rings is 1. The van der Waals surface area contributed by atoms with E-state index < -0.39 is 23.1 Å². The molecule has 7 heteroatoms. The Bertz CT molecular complexity index is 934. The Hall–Kier alpha value is -2.93. The molecule has 6 nitrogen and oxygen atoms in total. The van der Waals surface area contributed by atoms with E-state index in [2.05, 4.69) is 0 Å². The van der Waals surface area contributed by atoms with Crippen LogP contribution in [0.15, 0.2) is 46.1 Å². The first-order valence-electron chi connectivity index (χ1n) is 8.40. The summed E-state index contributed by atoms with van der Waals surface area (Å²) in [7, 11) is 1.47. The van der Waals surface area contributed by atoms with Crippen LogP contribution in [0.2, 0.25) is 0 Å². The molecular formula is C20H20FNO5. The van der Waals surface area contributed by atoms with Crippen LogP contribution in [0.5, 0.6) is 0 Å². The highest BCUT2D eigenvalue weighted by Gasteiger charge is 2.35. The minimum absolute atomic E-state index is 0.0297. The van der Waals surface area contributed by atoms with E-state index in [9.17, 15) is 24.2 Å². The van der Waals surface area contributed by atoms with Crippen molar-refractivity contribution in [3.05, 3.63) is 70.1 Å². The molecule has 142 valence electrons. The Morgan fingerprint density at radius 1 is 1.30 bits per heavy atom. The van der Waals surface area contributed by atoms with Gasteiger partial charge in [0.05, 0.1) is 12.1 Å². The standard InChI is InChI=1S/C20H20FNO5/c1-20(2,26)15-9-12(8-11-4-6-13(21)7-5-11)18(27-15)16(23)14-10-22(3)19(25)17(14)24/h4-7,9,24,26H,8,10H2,1-3H3. The van der Waals surface area contributed by atoms with E-state index in [0.29, 0.717) is 5.56 Å². The van der Waals surface area contributed by atoms with Crippen molar-refractivity contribution in [3.63, 3.8) is 0 Å². The topological polar surface area (TPSA) is 91.0 Å². The molecular weight excluding hydrogens is 353 g/mol. The molecule has 2 aromatic rings. The van der Waals surface area contributed by atoms with E-state index in [-0.39, 0.29) is 35.9 Å².